The summed E-state index contributed by atoms with van der Waals surface area (Å²) < 4.78 is 12.1. The summed E-state index contributed by atoms with van der Waals surface area (Å²) in [6.45, 7) is 2.65. The molecule has 3 aromatic rings. The van der Waals surface area contributed by atoms with E-state index >= 15 is 0 Å². The molecule has 0 saturated heterocycles. The number of hydrogen-bond acceptors (Lipinski definition) is 4. The van der Waals surface area contributed by atoms with Crippen LogP contribution in [0, 0.1) is 17.0 Å². The Labute approximate surface area is 164 Å². The molecule has 0 radical (unpaired) electrons. The summed E-state index contributed by atoms with van der Waals surface area (Å²) in [5.74, 6) is 1.09. The lowest BCUT2D eigenvalue weighted by Crippen LogP contribution is -2.03. The van der Waals surface area contributed by atoms with Gasteiger partial charge in [0.25, 0.3) is 0 Å². The second kappa shape index (κ2) is 9.37. The van der Waals surface area contributed by atoms with Crippen molar-refractivity contribution < 1.29 is 14.4 Å². The Kier molecular flexibility index (Phi) is 6.41. The number of hydrogen-bond donors (Lipinski definition) is 0. The molecule has 0 N–H and O–H groups in total. The maximum atomic E-state index is 10.8. The van der Waals surface area contributed by atoms with E-state index in [9.17, 15) is 10.1 Å². The topological polar surface area (TPSA) is 61.6 Å². The van der Waals surface area contributed by atoms with Crippen LogP contribution in [0.2, 0.25) is 0 Å². The van der Waals surface area contributed by atoms with Crippen LogP contribution < -0.4 is 9.47 Å². The summed E-state index contributed by atoms with van der Waals surface area (Å²) in [6, 6.07) is 23.2. The maximum absolute atomic E-state index is 10.8. The standard InChI is InChI=1S/C23H21NO4/c1-18-12-13-21(14-15-24(25)26)23(28-17-20-10-6-3-7-11-20)22(18)27-16-19-8-4-2-5-9-19/h2-15H,16-17H2,1H3/b15-14+. The van der Waals surface area contributed by atoms with Gasteiger partial charge in [0.05, 0.1) is 4.92 Å². The molecule has 0 spiro atoms. The van der Waals surface area contributed by atoms with Gasteiger partial charge in [-0.3, -0.25) is 10.1 Å². The molecule has 3 rings (SSSR count). The van der Waals surface area contributed by atoms with E-state index in [4.69, 9.17) is 9.47 Å². The van der Waals surface area contributed by atoms with Gasteiger partial charge in [-0.2, -0.15) is 0 Å². The zero-order chi connectivity index (χ0) is 19.8. The molecule has 0 aromatic heterocycles. The number of nitro groups is 1. The number of nitrogens with zero attached hydrogens (tertiary/aromatic N) is 1. The van der Waals surface area contributed by atoms with Gasteiger partial charge in [0.2, 0.25) is 6.20 Å². The average Bonchev–Trinajstić information content (AvgIpc) is 2.72. The molecular formula is C23H21NO4. The Morgan fingerprint density at radius 2 is 1.36 bits per heavy atom. The van der Waals surface area contributed by atoms with E-state index in [0.29, 0.717) is 30.3 Å². The largest absolute Gasteiger partial charge is 0.485 e. The fourth-order valence-electron chi connectivity index (χ4n) is 2.74. The van der Waals surface area contributed by atoms with Crippen LogP contribution in [0.25, 0.3) is 6.08 Å². The minimum absolute atomic E-state index is 0.339. The highest BCUT2D eigenvalue weighted by Gasteiger charge is 2.14. The summed E-state index contributed by atoms with van der Waals surface area (Å²) in [5, 5.41) is 10.8. The van der Waals surface area contributed by atoms with Crippen LogP contribution in [-0.2, 0) is 13.2 Å². The van der Waals surface area contributed by atoms with Gasteiger partial charge in [0.1, 0.15) is 13.2 Å². The monoisotopic (exact) mass is 375 g/mol. The quantitative estimate of drug-likeness (QED) is 0.391. The molecule has 0 unspecified atom stereocenters. The molecule has 0 aliphatic rings. The van der Waals surface area contributed by atoms with Crippen LogP contribution in [0.1, 0.15) is 22.3 Å². The van der Waals surface area contributed by atoms with Gasteiger partial charge in [0, 0.05) is 11.6 Å². The molecule has 0 aliphatic carbocycles. The molecular weight excluding hydrogens is 354 g/mol. The Morgan fingerprint density at radius 3 is 1.89 bits per heavy atom. The third-order valence-corrected chi connectivity index (χ3v) is 4.17. The van der Waals surface area contributed by atoms with Crippen molar-refractivity contribution in [2.75, 3.05) is 0 Å². The van der Waals surface area contributed by atoms with Gasteiger partial charge in [-0.1, -0.05) is 72.8 Å². The molecule has 0 saturated carbocycles. The van der Waals surface area contributed by atoms with Crippen LogP contribution in [-0.4, -0.2) is 4.92 Å². The van der Waals surface area contributed by atoms with Gasteiger partial charge < -0.3 is 9.47 Å². The molecule has 0 amide bonds. The molecule has 142 valence electrons. The zero-order valence-electron chi connectivity index (χ0n) is 15.6. The van der Waals surface area contributed by atoms with E-state index in [0.717, 1.165) is 22.9 Å². The third-order valence-electron chi connectivity index (χ3n) is 4.17. The van der Waals surface area contributed by atoms with E-state index < -0.39 is 4.92 Å². The molecule has 5 nitrogen and oxygen atoms in total. The van der Waals surface area contributed by atoms with Crippen molar-refractivity contribution in [2.24, 2.45) is 0 Å². The summed E-state index contributed by atoms with van der Waals surface area (Å²) >= 11 is 0. The highest BCUT2D eigenvalue weighted by molar-refractivity contribution is 5.64. The van der Waals surface area contributed by atoms with Crippen molar-refractivity contribution in [3.05, 3.63) is 111 Å². The van der Waals surface area contributed by atoms with Gasteiger partial charge in [-0.15, -0.1) is 0 Å². The Morgan fingerprint density at radius 1 is 0.821 bits per heavy atom. The first-order valence-corrected chi connectivity index (χ1v) is 8.92. The predicted molar refractivity (Wildman–Crippen MR) is 109 cm³/mol. The molecule has 0 atom stereocenters. The van der Waals surface area contributed by atoms with E-state index in [1.54, 1.807) is 6.07 Å². The van der Waals surface area contributed by atoms with Crippen LogP contribution in [0.4, 0.5) is 0 Å². The Balaban J connectivity index is 1.90. The predicted octanol–water partition coefficient (Wildman–Crippen LogP) is 5.40. The fraction of sp³-hybridized carbons (Fsp3) is 0.130. The molecule has 3 aromatic carbocycles. The van der Waals surface area contributed by atoms with E-state index in [1.165, 1.54) is 6.08 Å². The van der Waals surface area contributed by atoms with E-state index in [-0.39, 0.29) is 0 Å². The number of aryl methyl sites for hydroxylation is 1. The first-order chi connectivity index (χ1) is 13.6. The van der Waals surface area contributed by atoms with Crippen LogP contribution in [0.5, 0.6) is 11.5 Å². The molecule has 5 heteroatoms. The average molecular weight is 375 g/mol. The van der Waals surface area contributed by atoms with E-state index in [1.807, 2.05) is 73.7 Å². The molecule has 0 bridgehead atoms. The Bertz CT molecular complexity index is 953. The third kappa shape index (κ3) is 5.20. The number of rotatable bonds is 8. The number of ether oxygens (including phenoxy) is 2. The highest BCUT2D eigenvalue weighted by atomic mass is 16.6. The summed E-state index contributed by atoms with van der Waals surface area (Å²) in [7, 11) is 0. The summed E-state index contributed by atoms with van der Waals surface area (Å²) in [5.41, 5.74) is 3.53. The molecule has 28 heavy (non-hydrogen) atoms. The van der Waals surface area contributed by atoms with Crippen molar-refractivity contribution in [3.63, 3.8) is 0 Å². The van der Waals surface area contributed by atoms with Crippen molar-refractivity contribution >= 4 is 6.08 Å². The summed E-state index contributed by atoms with van der Waals surface area (Å²) in [6.07, 6.45) is 2.33. The fourth-order valence-corrected chi connectivity index (χ4v) is 2.74. The normalized spacial score (nSPS) is 10.8. The Hall–Kier alpha value is -3.60. The number of benzene rings is 3. The van der Waals surface area contributed by atoms with Crippen molar-refractivity contribution in [2.45, 2.75) is 20.1 Å². The van der Waals surface area contributed by atoms with Crippen molar-refractivity contribution in [1.29, 1.82) is 0 Å². The second-order valence-corrected chi connectivity index (χ2v) is 6.28. The maximum Gasteiger partial charge on any atom is 0.235 e. The van der Waals surface area contributed by atoms with Gasteiger partial charge in [0.15, 0.2) is 11.5 Å². The molecule has 0 aliphatic heterocycles. The van der Waals surface area contributed by atoms with Crippen LogP contribution >= 0.6 is 0 Å². The summed E-state index contributed by atoms with van der Waals surface area (Å²) in [4.78, 5) is 10.3. The van der Waals surface area contributed by atoms with Crippen molar-refractivity contribution in [1.82, 2.24) is 0 Å². The van der Waals surface area contributed by atoms with Crippen LogP contribution in [0.15, 0.2) is 79.0 Å². The molecule has 0 fully saturated rings. The highest BCUT2D eigenvalue weighted by Crippen LogP contribution is 2.37. The lowest BCUT2D eigenvalue weighted by molar-refractivity contribution is -0.400. The van der Waals surface area contributed by atoms with Gasteiger partial charge in [-0.05, 0) is 23.6 Å². The lowest BCUT2D eigenvalue weighted by Gasteiger charge is -2.17. The smallest absolute Gasteiger partial charge is 0.235 e. The van der Waals surface area contributed by atoms with E-state index in [2.05, 4.69) is 0 Å². The molecule has 0 heterocycles. The van der Waals surface area contributed by atoms with Crippen LogP contribution in [0.3, 0.4) is 0 Å². The zero-order valence-corrected chi connectivity index (χ0v) is 15.6. The van der Waals surface area contributed by atoms with Crippen molar-refractivity contribution in [3.8, 4) is 11.5 Å². The first-order valence-electron chi connectivity index (χ1n) is 8.92. The minimum atomic E-state index is -0.495. The van der Waals surface area contributed by atoms with Gasteiger partial charge in [-0.25, -0.2) is 0 Å². The lowest BCUT2D eigenvalue weighted by atomic mass is 10.1. The second-order valence-electron chi connectivity index (χ2n) is 6.28. The minimum Gasteiger partial charge on any atom is -0.485 e. The van der Waals surface area contributed by atoms with Gasteiger partial charge >= 0.3 is 0 Å². The first kappa shape index (κ1) is 19.2. The SMILES string of the molecule is Cc1ccc(/C=C/[N+](=O)[O-])c(OCc2ccccc2)c1OCc1ccccc1.